The Morgan fingerprint density at radius 1 is 1.31 bits per heavy atom. The number of aryl methyl sites for hydroxylation is 1. The van der Waals surface area contributed by atoms with Gasteiger partial charge < -0.3 is 15.0 Å². The van der Waals surface area contributed by atoms with Gasteiger partial charge in [0, 0.05) is 17.1 Å². The number of hydrogen-bond acceptors (Lipinski definition) is 5. The predicted molar refractivity (Wildman–Crippen MR) is 122 cm³/mol. The van der Waals surface area contributed by atoms with Gasteiger partial charge in [0.2, 0.25) is 0 Å². The molecule has 0 aliphatic carbocycles. The summed E-state index contributed by atoms with van der Waals surface area (Å²) in [6, 6.07) is 11.5. The number of amides is 1. The Kier molecular flexibility index (Phi) is 5.35. The smallest absolute Gasteiger partial charge is 0.408 e. The molecule has 0 bridgehead atoms. The molecule has 32 heavy (non-hydrogen) atoms. The number of ether oxygens (including phenoxy) is 1. The van der Waals surface area contributed by atoms with E-state index in [1.54, 1.807) is 16.8 Å². The summed E-state index contributed by atoms with van der Waals surface area (Å²) in [7, 11) is 0. The maximum absolute atomic E-state index is 12.1. The van der Waals surface area contributed by atoms with E-state index in [0.29, 0.717) is 11.2 Å². The number of aromatic amines is 1. The van der Waals surface area contributed by atoms with E-state index in [1.807, 2.05) is 52.0 Å². The first-order chi connectivity index (χ1) is 15.2. The zero-order valence-electron chi connectivity index (χ0n) is 18.9. The maximum Gasteiger partial charge on any atom is 0.408 e. The third kappa shape index (κ3) is 4.14. The summed E-state index contributed by atoms with van der Waals surface area (Å²) >= 11 is 0. The Morgan fingerprint density at radius 2 is 2.09 bits per heavy atom. The number of hydrogen-bond donors (Lipinski definition) is 2. The molecule has 4 heterocycles. The van der Waals surface area contributed by atoms with Gasteiger partial charge >= 0.3 is 6.09 Å². The third-order valence-electron chi connectivity index (χ3n) is 5.15. The van der Waals surface area contributed by atoms with Crippen molar-refractivity contribution >= 4 is 22.6 Å². The molecular weight excluding hydrogens is 404 g/mol. The Hall–Kier alpha value is -3.86. The highest BCUT2D eigenvalue weighted by Crippen LogP contribution is 2.29. The third-order valence-corrected chi connectivity index (χ3v) is 5.15. The lowest BCUT2D eigenvalue weighted by molar-refractivity contribution is 0.0507. The molecule has 8 nitrogen and oxygen atoms in total. The van der Waals surface area contributed by atoms with Crippen LogP contribution in [-0.2, 0) is 11.2 Å². The van der Waals surface area contributed by atoms with E-state index < -0.39 is 11.7 Å². The van der Waals surface area contributed by atoms with Crippen LogP contribution in [0.3, 0.4) is 0 Å². The summed E-state index contributed by atoms with van der Waals surface area (Å²) in [5.41, 5.74) is 5.20. The zero-order valence-corrected chi connectivity index (χ0v) is 18.9. The van der Waals surface area contributed by atoms with Gasteiger partial charge in [-0.1, -0.05) is 6.92 Å². The van der Waals surface area contributed by atoms with Crippen LogP contribution in [0.2, 0.25) is 0 Å². The Bertz CT molecular complexity index is 1350. The molecule has 164 valence electrons. The lowest BCUT2D eigenvalue weighted by Gasteiger charge is -2.21. The monoisotopic (exact) mass is 430 g/mol. The number of H-pyrrole nitrogens is 1. The summed E-state index contributed by atoms with van der Waals surface area (Å²) in [5.74, 6) is 0. The number of rotatable bonds is 4. The second-order valence-electron chi connectivity index (χ2n) is 8.76. The minimum atomic E-state index is -0.561. The van der Waals surface area contributed by atoms with E-state index in [9.17, 15) is 10.1 Å². The Balaban J connectivity index is 1.66. The molecule has 0 saturated heterocycles. The standard InChI is InChI=1S/C24H26N6O2/c1-6-17-20-10-7-15(12-25)13-30(20)29-21(17)19-11-16-8-9-18(27-22(16)28-19)14(2)26-23(31)32-24(3,4)5/h7-11,13-14H,6H2,1-5H3,(H,26,31)(H,27,28)/t14-/m1/s1. The average Bonchev–Trinajstić information content (AvgIpc) is 3.31. The van der Waals surface area contributed by atoms with Crippen LogP contribution in [-0.4, -0.2) is 31.3 Å². The molecule has 2 N–H and O–H groups in total. The molecule has 0 radical (unpaired) electrons. The fourth-order valence-electron chi connectivity index (χ4n) is 3.68. The molecule has 8 heteroatoms. The van der Waals surface area contributed by atoms with Crippen LogP contribution in [0.25, 0.3) is 27.9 Å². The van der Waals surface area contributed by atoms with Crippen molar-refractivity contribution in [1.82, 2.24) is 24.9 Å². The van der Waals surface area contributed by atoms with Gasteiger partial charge in [-0.2, -0.15) is 10.4 Å². The minimum Gasteiger partial charge on any atom is -0.444 e. The fourth-order valence-corrected chi connectivity index (χ4v) is 3.68. The second kappa shape index (κ2) is 8.00. The van der Waals surface area contributed by atoms with Gasteiger partial charge in [-0.15, -0.1) is 0 Å². The molecule has 1 amide bonds. The topological polar surface area (TPSA) is 108 Å². The molecule has 0 spiro atoms. The highest BCUT2D eigenvalue weighted by molar-refractivity contribution is 5.84. The molecule has 0 aliphatic heterocycles. The summed E-state index contributed by atoms with van der Waals surface area (Å²) in [6.07, 6.45) is 2.06. The lowest BCUT2D eigenvalue weighted by Crippen LogP contribution is -2.34. The number of nitrogens with one attached hydrogen (secondary N) is 2. The second-order valence-corrected chi connectivity index (χ2v) is 8.76. The number of alkyl carbamates (subject to hydrolysis) is 1. The zero-order chi connectivity index (χ0) is 23.0. The normalized spacial score (nSPS) is 12.6. The van der Waals surface area contributed by atoms with Crippen LogP contribution in [0.15, 0.2) is 36.5 Å². The molecule has 0 saturated carbocycles. The van der Waals surface area contributed by atoms with Gasteiger partial charge in [-0.3, -0.25) is 0 Å². The predicted octanol–water partition coefficient (Wildman–Crippen LogP) is 4.90. The number of pyridine rings is 2. The average molecular weight is 431 g/mol. The van der Waals surface area contributed by atoms with Gasteiger partial charge in [0.1, 0.15) is 23.0 Å². The Morgan fingerprint density at radius 3 is 2.78 bits per heavy atom. The molecule has 0 aliphatic rings. The van der Waals surface area contributed by atoms with Crippen LogP contribution in [0.4, 0.5) is 4.79 Å². The molecule has 0 aromatic carbocycles. The summed E-state index contributed by atoms with van der Waals surface area (Å²) < 4.78 is 7.09. The van der Waals surface area contributed by atoms with Gasteiger partial charge in [0.15, 0.2) is 0 Å². The number of aromatic nitrogens is 4. The first-order valence-corrected chi connectivity index (χ1v) is 10.6. The van der Waals surface area contributed by atoms with E-state index in [0.717, 1.165) is 40.0 Å². The molecule has 4 rings (SSSR count). The molecule has 1 atom stereocenters. The van der Waals surface area contributed by atoms with Crippen LogP contribution in [0.1, 0.15) is 57.5 Å². The highest BCUT2D eigenvalue weighted by atomic mass is 16.6. The molecule has 0 fully saturated rings. The van der Waals surface area contributed by atoms with E-state index in [-0.39, 0.29) is 6.04 Å². The van der Waals surface area contributed by atoms with E-state index in [2.05, 4.69) is 23.3 Å². The molecular formula is C24H26N6O2. The molecule has 0 unspecified atom stereocenters. The fraction of sp³-hybridized carbons (Fsp3) is 0.333. The van der Waals surface area contributed by atoms with Crippen molar-refractivity contribution in [3.05, 3.63) is 53.3 Å². The number of nitrogens with zero attached hydrogens (tertiary/aromatic N) is 4. The van der Waals surface area contributed by atoms with Gasteiger partial charge in [-0.05, 0) is 64.4 Å². The number of fused-ring (bicyclic) bond motifs is 2. The van der Waals surface area contributed by atoms with Crippen molar-refractivity contribution in [2.24, 2.45) is 0 Å². The first-order valence-electron chi connectivity index (χ1n) is 10.6. The number of nitriles is 1. The van der Waals surface area contributed by atoms with Crippen molar-refractivity contribution in [1.29, 1.82) is 5.26 Å². The van der Waals surface area contributed by atoms with Crippen LogP contribution < -0.4 is 5.32 Å². The van der Waals surface area contributed by atoms with Crippen molar-refractivity contribution in [3.63, 3.8) is 0 Å². The van der Waals surface area contributed by atoms with Crippen LogP contribution in [0.5, 0.6) is 0 Å². The van der Waals surface area contributed by atoms with Crippen LogP contribution in [0, 0.1) is 11.3 Å². The quantitative estimate of drug-likeness (QED) is 0.479. The maximum atomic E-state index is 12.1. The van der Waals surface area contributed by atoms with Crippen molar-refractivity contribution < 1.29 is 9.53 Å². The summed E-state index contributed by atoms with van der Waals surface area (Å²) in [6.45, 7) is 9.43. The van der Waals surface area contributed by atoms with Crippen molar-refractivity contribution in [2.45, 2.75) is 52.7 Å². The SMILES string of the molecule is CCc1c(-c2cc3ccc([C@@H](C)NC(=O)OC(C)(C)C)nc3[nH]2)nn2cc(C#N)ccc12. The van der Waals surface area contributed by atoms with E-state index in [4.69, 9.17) is 14.8 Å². The van der Waals surface area contributed by atoms with Gasteiger partial charge in [0.25, 0.3) is 0 Å². The summed E-state index contributed by atoms with van der Waals surface area (Å²) in [5, 5.41) is 17.7. The summed E-state index contributed by atoms with van der Waals surface area (Å²) in [4.78, 5) is 20.2. The van der Waals surface area contributed by atoms with Gasteiger partial charge in [0.05, 0.1) is 28.5 Å². The van der Waals surface area contributed by atoms with Crippen molar-refractivity contribution in [3.8, 4) is 17.5 Å². The molecule has 4 aromatic rings. The highest BCUT2D eigenvalue weighted by Gasteiger charge is 2.20. The van der Waals surface area contributed by atoms with E-state index >= 15 is 0 Å². The van der Waals surface area contributed by atoms with Crippen LogP contribution >= 0.6 is 0 Å². The van der Waals surface area contributed by atoms with E-state index in [1.165, 1.54) is 0 Å². The largest absolute Gasteiger partial charge is 0.444 e. The lowest BCUT2D eigenvalue weighted by atomic mass is 10.1. The molecule has 4 aromatic heterocycles. The van der Waals surface area contributed by atoms with Gasteiger partial charge in [-0.25, -0.2) is 14.3 Å². The minimum absolute atomic E-state index is 0.313. The number of carbonyl (C=O) groups excluding carboxylic acids is 1. The Labute approximate surface area is 186 Å². The van der Waals surface area contributed by atoms with Crippen molar-refractivity contribution in [2.75, 3.05) is 0 Å². The number of carbonyl (C=O) groups is 1. The first kappa shape index (κ1) is 21.4.